The molecule has 4 heteroatoms. The van der Waals surface area contributed by atoms with Crippen LogP contribution in [0.4, 0.5) is 5.69 Å². The number of halogens is 1. The maximum Gasteiger partial charge on any atom is 0.237 e. The van der Waals surface area contributed by atoms with Crippen molar-refractivity contribution in [2.45, 2.75) is 19.3 Å². The van der Waals surface area contributed by atoms with E-state index >= 15 is 0 Å². The summed E-state index contributed by atoms with van der Waals surface area (Å²) in [6, 6.07) is 7.51. The van der Waals surface area contributed by atoms with Gasteiger partial charge in [0.15, 0.2) is 0 Å². The molecule has 0 unspecified atom stereocenters. The first-order chi connectivity index (χ1) is 10.2. The first kappa shape index (κ1) is 12.4. The normalized spacial score (nSPS) is 43.0. The molecule has 2 amide bonds. The summed E-state index contributed by atoms with van der Waals surface area (Å²) in [5.74, 6) is 2.51. The Labute approximate surface area is 131 Å². The van der Waals surface area contributed by atoms with E-state index in [1.165, 1.54) is 11.3 Å². The van der Waals surface area contributed by atoms with Gasteiger partial charge in [-0.05, 0) is 67.2 Å². The molecule has 6 rings (SSSR count). The number of anilines is 1. The van der Waals surface area contributed by atoms with Gasteiger partial charge in [-0.1, -0.05) is 15.9 Å². The molecule has 4 saturated carbocycles. The van der Waals surface area contributed by atoms with Crippen molar-refractivity contribution in [3.05, 3.63) is 28.7 Å². The molecule has 0 spiro atoms. The second-order valence-electron chi connectivity index (χ2n) is 7.01. The average molecular weight is 346 g/mol. The Hall–Kier alpha value is -1.16. The zero-order chi connectivity index (χ0) is 14.3. The molecule has 1 aromatic carbocycles. The van der Waals surface area contributed by atoms with Crippen LogP contribution in [-0.4, -0.2) is 11.8 Å². The lowest BCUT2D eigenvalue weighted by Crippen LogP contribution is -2.43. The van der Waals surface area contributed by atoms with Crippen molar-refractivity contribution in [1.29, 1.82) is 0 Å². The van der Waals surface area contributed by atoms with Crippen LogP contribution in [0.2, 0.25) is 0 Å². The summed E-state index contributed by atoms with van der Waals surface area (Å²) in [7, 11) is 0. The van der Waals surface area contributed by atoms with Gasteiger partial charge in [-0.15, -0.1) is 0 Å². The first-order valence-electron chi connectivity index (χ1n) is 7.80. The van der Waals surface area contributed by atoms with E-state index in [4.69, 9.17) is 0 Å². The maximum atomic E-state index is 12.9. The fourth-order valence-corrected chi connectivity index (χ4v) is 5.65. The second-order valence-corrected chi connectivity index (χ2v) is 7.92. The summed E-state index contributed by atoms with van der Waals surface area (Å²) in [4.78, 5) is 27.2. The largest absolute Gasteiger partial charge is 0.274 e. The Kier molecular flexibility index (Phi) is 2.35. The minimum absolute atomic E-state index is 0.0244. The van der Waals surface area contributed by atoms with Gasteiger partial charge in [-0.25, -0.2) is 0 Å². The van der Waals surface area contributed by atoms with Gasteiger partial charge in [0.25, 0.3) is 0 Å². The fourth-order valence-electron chi connectivity index (χ4n) is 5.38. The van der Waals surface area contributed by atoms with Crippen LogP contribution in [-0.2, 0) is 9.59 Å². The van der Waals surface area contributed by atoms with E-state index < -0.39 is 0 Å². The molecule has 5 aliphatic rings. The molecule has 1 aromatic rings. The van der Waals surface area contributed by atoms with Crippen molar-refractivity contribution in [2.24, 2.45) is 35.5 Å². The standard InChI is InChI=1S/C17H16BrNO2/c18-8-1-3-9(4-2-8)19-16(20)14-10-5-6-11(13-7-12(10)13)15(14)17(19)21/h1-4,10-15H,5-7H2/t10-,11+,12+,13-,14-,15+. The van der Waals surface area contributed by atoms with Gasteiger partial charge in [0, 0.05) is 4.47 Å². The Morgan fingerprint density at radius 2 is 1.38 bits per heavy atom. The van der Waals surface area contributed by atoms with E-state index in [-0.39, 0.29) is 23.7 Å². The molecule has 4 aliphatic carbocycles. The highest BCUT2D eigenvalue weighted by Crippen LogP contribution is 2.68. The highest BCUT2D eigenvalue weighted by Gasteiger charge is 2.68. The topological polar surface area (TPSA) is 37.4 Å². The molecule has 1 saturated heterocycles. The number of hydrogen-bond donors (Lipinski definition) is 0. The zero-order valence-corrected chi connectivity index (χ0v) is 13.1. The lowest BCUT2D eigenvalue weighted by molar-refractivity contribution is -0.129. The van der Waals surface area contributed by atoms with E-state index in [2.05, 4.69) is 15.9 Å². The van der Waals surface area contributed by atoms with E-state index in [1.54, 1.807) is 0 Å². The number of rotatable bonds is 1. The van der Waals surface area contributed by atoms with Gasteiger partial charge in [0.2, 0.25) is 11.8 Å². The predicted octanol–water partition coefficient (Wildman–Crippen LogP) is 3.23. The van der Waals surface area contributed by atoms with Crippen LogP contribution in [0.5, 0.6) is 0 Å². The SMILES string of the molecule is O=C1[C@@H]2[C@@H]3CC[C@@H]([C@H]4C[C@H]43)[C@@H]2C(=O)N1c1ccc(Br)cc1. The average Bonchev–Trinajstić information content (AvgIpc) is 3.26. The van der Waals surface area contributed by atoms with Crippen molar-refractivity contribution in [3.8, 4) is 0 Å². The van der Waals surface area contributed by atoms with E-state index in [1.807, 2.05) is 24.3 Å². The summed E-state index contributed by atoms with van der Waals surface area (Å²) >= 11 is 3.40. The van der Waals surface area contributed by atoms with Crippen LogP contribution in [0.3, 0.4) is 0 Å². The first-order valence-corrected chi connectivity index (χ1v) is 8.59. The quantitative estimate of drug-likeness (QED) is 0.732. The number of fused-ring (bicyclic) bond motifs is 1. The predicted molar refractivity (Wildman–Crippen MR) is 81.4 cm³/mol. The van der Waals surface area contributed by atoms with Crippen molar-refractivity contribution in [1.82, 2.24) is 0 Å². The zero-order valence-electron chi connectivity index (χ0n) is 11.5. The molecule has 0 radical (unpaired) electrons. The van der Waals surface area contributed by atoms with Crippen molar-refractivity contribution < 1.29 is 9.59 Å². The third kappa shape index (κ3) is 1.49. The Morgan fingerprint density at radius 1 is 0.857 bits per heavy atom. The van der Waals surface area contributed by atoms with Gasteiger partial charge in [0.05, 0.1) is 17.5 Å². The Balaban J connectivity index is 1.57. The summed E-state index contributed by atoms with van der Waals surface area (Å²) in [5.41, 5.74) is 0.732. The number of benzene rings is 1. The minimum atomic E-state index is -0.0244. The van der Waals surface area contributed by atoms with Crippen LogP contribution < -0.4 is 4.90 Å². The summed E-state index contributed by atoms with van der Waals surface area (Å²) in [6.45, 7) is 0. The van der Waals surface area contributed by atoms with Gasteiger partial charge in [-0.2, -0.15) is 0 Å². The van der Waals surface area contributed by atoms with Gasteiger partial charge < -0.3 is 0 Å². The molecule has 1 heterocycles. The smallest absolute Gasteiger partial charge is 0.237 e. The lowest BCUT2D eigenvalue weighted by Gasteiger charge is -2.42. The van der Waals surface area contributed by atoms with Crippen molar-refractivity contribution in [3.63, 3.8) is 0 Å². The highest BCUT2D eigenvalue weighted by atomic mass is 79.9. The third-order valence-electron chi connectivity index (χ3n) is 6.23. The third-order valence-corrected chi connectivity index (χ3v) is 6.76. The maximum absolute atomic E-state index is 12.9. The molecular weight excluding hydrogens is 330 g/mol. The molecule has 2 bridgehead atoms. The molecule has 5 fully saturated rings. The number of hydrogen-bond acceptors (Lipinski definition) is 2. The summed E-state index contributed by atoms with van der Waals surface area (Å²) in [6.07, 6.45) is 3.57. The number of carbonyl (C=O) groups excluding carboxylic acids is 2. The van der Waals surface area contributed by atoms with Crippen molar-refractivity contribution >= 4 is 33.4 Å². The highest BCUT2D eigenvalue weighted by molar-refractivity contribution is 9.10. The minimum Gasteiger partial charge on any atom is -0.274 e. The molecule has 0 aromatic heterocycles. The lowest BCUT2D eigenvalue weighted by atomic mass is 9.59. The van der Waals surface area contributed by atoms with Gasteiger partial charge >= 0.3 is 0 Å². The van der Waals surface area contributed by atoms with Crippen LogP contribution in [0.25, 0.3) is 0 Å². The Bertz CT molecular complexity index is 621. The number of imide groups is 1. The molecule has 1 aliphatic heterocycles. The second kappa shape index (κ2) is 3.97. The summed E-state index contributed by atoms with van der Waals surface area (Å²) < 4.78 is 0.962. The van der Waals surface area contributed by atoms with Gasteiger partial charge in [0.1, 0.15) is 0 Å². The monoisotopic (exact) mass is 345 g/mol. The van der Waals surface area contributed by atoms with Crippen LogP contribution in [0.15, 0.2) is 28.7 Å². The van der Waals surface area contributed by atoms with Crippen molar-refractivity contribution in [2.75, 3.05) is 4.90 Å². The number of carbonyl (C=O) groups is 2. The summed E-state index contributed by atoms with van der Waals surface area (Å²) in [5, 5.41) is 0. The molecule has 3 nitrogen and oxygen atoms in total. The molecular formula is C17H16BrNO2. The molecule has 108 valence electrons. The van der Waals surface area contributed by atoms with Crippen LogP contribution in [0, 0.1) is 35.5 Å². The number of amides is 2. The van der Waals surface area contributed by atoms with Gasteiger partial charge in [-0.3, -0.25) is 14.5 Å². The molecule has 21 heavy (non-hydrogen) atoms. The van der Waals surface area contributed by atoms with E-state index in [9.17, 15) is 9.59 Å². The van der Waals surface area contributed by atoms with E-state index in [0.29, 0.717) is 11.8 Å². The number of nitrogens with zero attached hydrogens (tertiary/aromatic N) is 1. The molecule has 6 atom stereocenters. The van der Waals surface area contributed by atoms with Crippen LogP contribution in [0.1, 0.15) is 19.3 Å². The van der Waals surface area contributed by atoms with E-state index in [0.717, 1.165) is 34.8 Å². The Morgan fingerprint density at radius 3 is 1.90 bits per heavy atom. The van der Waals surface area contributed by atoms with Crippen LogP contribution >= 0.6 is 15.9 Å². The fraction of sp³-hybridized carbons (Fsp3) is 0.529. The molecule has 0 N–H and O–H groups in total.